The average molecular weight is 307 g/mol. The first-order valence-corrected chi connectivity index (χ1v) is 8.42. The lowest BCUT2D eigenvalue weighted by molar-refractivity contribution is -0.224. The van der Waals surface area contributed by atoms with E-state index in [1.54, 1.807) is 12.0 Å². The minimum Gasteiger partial charge on any atom is -0.290 e. The summed E-state index contributed by atoms with van der Waals surface area (Å²) < 4.78 is 0. The van der Waals surface area contributed by atoms with Crippen LogP contribution in [0.2, 0.25) is 0 Å². The summed E-state index contributed by atoms with van der Waals surface area (Å²) in [5.41, 5.74) is 11.4. The van der Waals surface area contributed by atoms with Gasteiger partial charge in [0.1, 0.15) is 0 Å². The van der Waals surface area contributed by atoms with Gasteiger partial charge in [-0.15, -0.1) is 11.8 Å². The number of nitrogens with two attached hydrogens (primary N) is 2. The van der Waals surface area contributed by atoms with Crippen LogP contribution in [0.15, 0.2) is 0 Å². The van der Waals surface area contributed by atoms with Crippen molar-refractivity contribution in [2.24, 2.45) is 11.5 Å². The van der Waals surface area contributed by atoms with Gasteiger partial charge < -0.3 is 0 Å². The van der Waals surface area contributed by atoms with Crippen molar-refractivity contribution in [3.05, 3.63) is 0 Å². The van der Waals surface area contributed by atoms with Crippen molar-refractivity contribution in [2.45, 2.75) is 78.0 Å². The normalized spacial score (nSPS) is 10.8. The fraction of sp³-hybridized carbons (Fsp3) is 0.778. The summed E-state index contributed by atoms with van der Waals surface area (Å²) >= 11 is 0. The maximum absolute atomic E-state index is 5.69. The molecule has 0 aromatic heterocycles. The fourth-order valence-corrected chi connectivity index (χ4v) is 1.79. The molecule has 0 unspecified atom stereocenters. The molecule has 0 aliphatic rings. The second-order valence-corrected chi connectivity index (χ2v) is 5.69. The molecule has 4 nitrogen and oxygen atoms in total. The fourth-order valence-electron chi connectivity index (χ4n) is 1.79. The minimum absolute atomic E-state index is 0.472. The van der Waals surface area contributed by atoms with Crippen molar-refractivity contribution in [3.8, 4) is 23.7 Å². The minimum atomic E-state index is -1.20. The molecule has 0 heterocycles. The van der Waals surface area contributed by atoms with Crippen LogP contribution in [0.25, 0.3) is 0 Å². The highest BCUT2D eigenvalue weighted by Crippen LogP contribution is 2.00. The van der Waals surface area contributed by atoms with Crippen molar-refractivity contribution in [3.63, 3.8) is 0 Å². The second kappa shape index (κ2) is 13.6. The average Bonchev–Trinajstić information content (AvgIpc) is 2.44. The van der Waals surface area contributed by atoms with Crippen LogP contribution in [-0.4, -0.2) is 24.0 Å². The number of unbranched alkanes of at least 4 members (excludes halogenated alkanes) is 6. The van der Waals surface area contributed by atoms with E-state index in [1.165, 1.54) is 25.7 Å². The quantitative estimate of drug-likeness (QED) is 0.282. The molecule has 0 radical (unpaired) electrons. The molecule has 4 heteroatoms. The van der Waals surface area contributed by atoms with Gasteiger partial charge in [-0.05, 0) is 19.8 Å². The van der Waals surface area contributed by atoms with E-state index in [2.05, 4.69) is 37.5 Å². The third-order valence-corrected chi connectivity index (χ3v) is 2.90. The third kappa shape index (κ3) is 15.4. The zero-order valence-corrected chi connectivity index (χ0v) is 14.6. The van der Waals surface area contributed by atoms with Gasteiger partial charge in [-0.2, -0.15) is 5.06 Å². The van der Waals surface area contributed by atoms with Gasteiger partial charge in [0.25, 0.3) is 0 Å². The molecule has 0 saturated heterocycles. The molecule has 0 aliphatic carbocycles. The van der Waals surface area contributed by atoms with Gasteiger partial charge in [-0.1, -0.05) is 51.4 Å². The van der Waals surface area contributed by atoms with E-state index in [0.29, 0.717) is 13.1 Å². The van der Waals surface area contributed by atoms with E-state index in [4.69, 9.17) is 16.3 Å². The van der Waals surface area contributed by atoms with Crippen molar-refractivity contribution < 1.29 is 4.84 Å². The first-order chi connectivity index (χ1) is 10.5. The van der Waals surface area contributed by atoms with Gasteiger partial charge in [0.05, 0.1) is 13.1 Å². The molecule has 0 spiro atoms. The number of nitrogens with zero attached hydrogens (tertiary/aromatic N) is 1. The molecule has 0 saturated carbocycles. The van der Waals surface area contributed by atoms with E-state index in [9.17, 15) is 0 Å². The standard InChI is InChI=1S/C18H33N3O/c1-4-6-8-10-12-14-16-21(22-18(3,19)20)17-15-13-11-9-7-5-2/h4-11,16-17,19-20H2,1-3H3. The van der Waals surface area contributed by atoms with Crippen molar-refractivity contribution >= 4 is 0 Å². The highest BCUT2D eigenvalue weighted by Gasteiger charge is 2.16. The number of hydrogen-bond donors (Lipinski definition) is 2. The van der Waals surface area contributed by atoms with Gasteiger partial charge in [-0.25, -0.2) is 0 Å². The van der Waals surface area contributed by atoms with Gasteiger partial charge in [0, 0.05) is 12.8 Å². The largest absolute Gasteiger partial charge is 0.290 e. The Kier molecular flexibility index (Phi) is 13.0. The van der Waals surface area contributed by atoms with Gasteiger partial charge in [0.2, 0.25) is 0 Å². The summed E-state index contributed by atoms with van der Waals surface area (Å²) in [5, 5.41) is 1.64. The molecule has 0 atom stereocenters. The molecule has 0 bridgehead atoms. The maximum atomic E-state index is 5.69. The molecule has 0 aliphatic heterocycles. The monoisotopic (exact) mass is 307 g/mol. The Morgan fingerprint density at radius 2 is 1.27 bits per heavy atom. The smallest absolute Gasteiger partial charge is 0.186 e. The molecule has 0 amide bonds. The lowest BCUT2D eigenvalue weighted by Gasteiger charge is -2.26. The topological polar surface area (TPSA) is 64.5 Å². The Labute approximate surface area is 136 Å². The summed E-state index contributed by atoms with van der Waals surface area (Å²) in [5.74, 6) is 11.3. The summed E-state index contributed by atoms with van der Waals surface area (Å²) in [6, 6.07) is 0. The van der Waals surface area contributed by atoms with Crippen LogP contribution in [-0.2, 0) is 4.84 Å². The first-order valence-electron chi connectivity index (χ1n) is 8.42. The molecule has 4 N–H and O–H groups in total. The highest BCUT2D eigenvalue weighted by atomic mass is 16.7. The Morgan fingerprint density at radius 3 is 1.64 bits per heavy atom. The number of rotatable bonds is 10. The zero-order valence-electron chi connectivity index (χ0n) is 14.6. The Morgan fingerprint density at radius 1 is 0.818 bits per heavy atom. The van der Waals surface area contributed by atoms with Gasteiger partial charge in [0.15, 0.2) is 5.85 Å². The van der Waals surface area contributed by atoms with Crippen LogP contribution in [0.4, 0.5) is 0 Å². The summed E-state index contributed by atoms with van der Waals surface area (Å²) in [6.45, 7) is 6.93. The molecule has 0 fully saturated rings. The lowest BCUT2D eigenvalue weighted by atomic mass is 10.2. The molecule has 0 rings (SSSR count). The lowest BCUT2D eigenvalue weighted by Crippen LogP contribution is -2.53. The van der Waals surface area contributed by atoms with E-state index in [1.807, 2.05) is 0 Å². The van der Waals surface area contributed by atoms with Gasteiger partial charge >= 0.3 is 0 Å². The van der Waals surface area contributed by atoms with E-state index in [0.717, 1.165) is 25.7 Å². The van der Waals surface area contributed by atoms with E-state index < -0.39 is 5.85 Å². The number of hydrogen-bond acceptors (Lipinski definition) is 4. The van der Waals surface area contributed by atoms with E-state index in [-0.39, 0.29) is 0 Å². The van der Waals surface area contributed by atoms with Crippen LogP contribution in [0.3, 0.4) is 0 Å². The summed E-state index contributed by atoms with van der Waals surface area (Å²) in [7, 11) is 0. The van der Waals surface area contributed by atoms with Crippen LogP contribution >= 0.6 is 0 Å². The Bertz CT molecular complexity index is 349. The van der Waals surface area contributed by atoms with Crippen LogP contribution < -0.4 is 11.5 Å². The predicted molar refractivity (Wildman–Crippen MR) is 93.3 cm³/mol. The van der Waals surface area contributed by atoms with Crippen LogP contribution in [0, 0.1) is 23.7 Å². The van der Waals surface area contributed by atoms with Crippen molar-refractivity contribution in [2.75, 3.05) is 13.1 Å². The Balaban J connectivity index is 4.20. The second-order valence-electron chi connectivity index (χ2n) is 5.69. The SMILES string of the molecule is CCCCCC#CCN(CC#CCCCCC)OC(C)(N)N. The Hall–Kier alpha value is -1.04. The molecule has 0 aromatic carbocycles. The summed E-state index contributed by atoms with van der Waals surface area (Å²) in [4.78, 5) is 5.48. The number of hydroxylamine groups is 2. The maximum Gasteiger partial charge on any atom is 0.186 e. The summed E-state index contributed by atoms with van der Waals surface area (Å²) in [6.07, 6.45) is 9.01. The van der Waals surface area contributed by atoms with Crippen LogP contribution in [0.5, 0.6) is 0 Å². The third-order valence-electron chi connectivity index (χ3n) is 2.90. The first kappa shape index (κ1) is 21.0. The van der Waals surface area contributed by atoms with Gasteiger partial charge in [-0.3, -0.25) is 16.3 Å². The highest BCUT2D eigenvalue weighted by molar-refractivity contribution is 5.04. The molecule has 0 aromatic rings. The zero-order chi connectivity index (χ0) is 16.7. The van der Waals surface area contributed by atoms with Crippen LogP contribution in [0.1, 0.15) is 72.1 Å². The van der Waals surface area contributed by atoms with E-state index >= 15 is 0 Å². The molecular weight excluding hydrogens is 274 g/mol. The molecule has 22 heavy (non-hydrogen) atoms. The molecule has 126 valence electrons. The van der Waals surface area contributed by atoms with Crippen molar-refractivity contribution in [1.29, 1.82) is 0 Å². The molecular formula is C18H33N3O. The van der Waals surface area contributed by atoms with Crippen molar-refractivity contribution in [1.82, 2.24) is 5.06 Å². The predicted octanol–water partition coefficient (Wildman–Crippen LogP) is 2.98.